The van der Waals surface area contributed by atoms with Gasteiger partial charge in [-0.25, -0.2) is 0 Å². The molecule has 0 heteroatoms. The van der Waals surface area contributed by atoms with Crippen LogP contribution in [0.4, 0.5) is 0 Å². The van der Waals surface area contributed by atoms with Crippen molar-refractivity contribution in [1.82, 2.24) is 0 Å². The molecule has 13 rings (SSSR count). The highest BCUT2D eigenvalue weighted by molar-refractivity contribution is 6.06. The third-order valence-electron chi connectivity index (χ3n) is 32.0. The van der Waals surface area contributed by atoms with Crippen LogP contribution in [0.1, 0.15) is 664 Å². The van der Waals surface area contributed by atoms with Crippen molar-refractivity contribution in [2.75, 3.05) is 0 Å². The number of benzene rings is 12. The summed E-state index contributed by atoms with van der Waals surface area (Å²) in [6.45, 7) is 126. The van der Waals surface area contributed by atoms with Crippen molar-refractivity contribution >= 4 is 53.9 Å². The second-order valence-electron chi connectivity index (χ2n) is 51.5. The fourth-order valence-electron chi connectivity index (χ4n) is 25.1. The number of hydrogen-bond donors (Lipinski definition) is 0. The van der Waals surface area contributed by atoms with Gasteiger partial charge in [-0.2, -0.15) is 0 Å². The zero-order chi connectivity index (χ0) is 107. The minimum atomic E-state index is 0.540. The molecule has 1 aliphatic rings. The van der Waals surface area contributed by atoms with Gasteiger partial charge in [0.1, 0.15) is 0 Å². The van der Waals surface area contributed by atoms with Gasteiger partial charge in [-0.15, -0.1) is 0 Å². The highest BCUT2D eigenvalue weighted by Crippen LogP contribution is 2.49. The van der Waals surface area contributed by atoms with Crippen molar-refractivity contribution in [3.05, 3.63) is 298 Å². The summed E-state index contributed by atoms with van der Waals surface area (Å²) < 4.78 is 0. The summed E-state index contributed by atoms with van der Waals surface area (Å²) in [4.78, 5) is 0. The van der Waals surface area contributed by atoms with Crippen LogP contribution in [-0.4, -0.2) is 0 Å². The molecular weight excluding hydrogens is 1710 g/mol. The zero-order valence-electron chi connectivity index (χ0n) is 102. The molecule has 0 fully saturated rings. The minimum absolute atomic E-state index is 0.540. The SMILES string of the molecule is CC(C)c1cc(C(C)C)c(C(C)C)cc1C(C)C.CC(C)c1cc2c(cc1C(C)C)Cc1cc(C(C)C)c(C(C)C)cc1C2.CC(C)c1cc2cc(C(C)C)c(C(C)C)cc2cc1C(C)C.CC(C)c1cc2cc3cc(C(C)C)c(C(C)C)cc3cc2cc1C(C)C.Cc1c(C(C)C)c(C(C)C)c(C)c(C(C)C)c1C(C)C.Cc1c(C(C)C)c(C(C)C)c(C)c2cc3c(C)c(C(C)C)c(C(C)C)c(C)c3cc12. The lowest BCUT2D eigenvalue weighted by molar-refractivity contribution is 0.726. The zero-order valence-corrected chi connectivity index (χ0v) is 102. The standard InChI is InChI=1S/C30H42.C26H36.C26H34.C22H32.C20H34.C18H30/c1-15(2)27-19(9)23-13-25-21(11)29(17(5)6)30(18(7)8)22(12)26(25)14-24(23)20(10)28(27)16(3)4;2*1-15(2)23-11-19-9-21-13-25(17(5)6)26(18(7)8)14-22(21)10-20(19)12-24(23)16(3)4;1-13(2)19-9-17-11-21(15(5)6)22(16(7)8)12-18(17)10-20(19)14(3)4;1-11(2)17-15(9)19(13(5)6)20(14(7)8)16(10)18(17)12(3)4;1-11(2)15-9-17(13(5)6)18(14(7)8)10-16(15)12(3)4/h13-18H,1-12H3;11-18H,9-10H2,1-8H3;9-18H,1-8H3;9-16H,1-8H3;11-14H,1-10H3;9-14H,1-8H3. The van der Waals surface area contributed by atoms with Crippen LogP contribution in [-0.2, 0) is 12.8 Å². The lowest BCUT2D eigenvalue weighted by atomic mass is 9.74. The molecule has 0 unspecified atom stereocenters. The Balaban J connectivity index is 0.000000210. The molecule has 0 aromatic heterocycles. The Hall–Kier alpha value is -8.06. The van der Waals surface area contributed by atoms with Gasteiger partial charge in [0, 0.05) is 0 Å². The van der Waals surface area contributed by atoms with E-state index in [0.29, 0.717) is 142 Å². The normalized spacial score (nSPS) is 12.6. The molecule has 1 aliphatic carbocycles. The van der Waals surface area contributed by atoms with E-state index >= 15 is 0 Å². The molecule has 0 atom stereocenters. The second kappa shape index (κ2) is 49.6. The fraction of sp³-hybridized carbons (Fsp3) is 0.563. The Bertz CT molecular complexity index is 5600. The smallest absolute Gasteiger partial charge is 0.00199 e. The highest BCUT2D eigenvalue weighted by atomic mass is 14.4. The number of aryl methyl sites for hydroxylation is 4. The summed E-state index contributed by atoms with van der Waals surface area (Å²) >= 11 is 0. The predicted molar refractivity (Wildman–Crippen MR) is 645 cm³/mol. The van der Waals surface area contributed by atoms with Gasteiger partial charge in [0.15, 0.2) is 0 Å². The summed E-state index contributed by atoms with van der Waals surface area (Å²) in [5, 5.41) is 14.1. The molecule has 0 radical (unpaired) electrons. The van der Waals surface area contributed by atoms with Crippen molar-refractivity contribution < 1.29 is 0 Å². The molecular formula is C142H208. The molecule has 0 heterocycles. The van der Waals surface area contributed by atoms with E-state index in [9.17, 15) is 0 Å². The maximum Gasteiger partial charge on any atom is -0.00199 e. The molecule has 0 N–H and O–H groups in total. The van der Waals surface area contributed by atoms with E-state index in [-0.39, 0.29) is 0 Å². The van der Waals surface area contributed by atoms with Crippen molar-refractivity contribution in [1.29, 1.82) is 0 Å². The van der Waals surface area contributed by atoms with E-state index in [2.05, 4.69) is 483 Å². The van der Waals surface area contributed by atoms with Crippen LogP contribution in [0.2, 0.25) is 0 Å². The molecule has 0 bridgehead atoms. The first-order valence-electron chi connectivity index (χ1n) is 57.2. The lowest BCUT2D eigenvalue weighted by Gasteiger charge is -2.30. The first-order chi connectivity index (χ1) is 65.8. The Morgan fingerprint density at radius 2 is 0.218 bits per heavy atom. The third kappa shape index (κ3) is 26.5. The monoisotopic (exact) mass is 1910 g/mol. The summed E-state index contributed by atoms with van der Waals surface area (Å²) in [6, 6.07) is 44.3. The topological polar surface area (TPSA) is 0 Å². The minimum Gasteiger partial charge on any atom is -0.0587 e. The largest absolute Gasteiger partial charge is 0.0587 e. The first kappa shape index (κ1) is 119. The average molecular weight is 1920 g/mol. The van der Waals surface area contributed by atoms with E-state index in [1.165, 1.54) is 143 Å². The second-order valence-corrected chi connectivity index (χ2v) is 51.5. The molecule has 0 aliphatic heterocycles. The Morgan fingerprint density at radius 1 is 0.113 bits per heavy atom. The fourth-order valence-corrected chi connectivity index (χ4v) is 25.1. The maximum absolute atomic E-state index is 2.52. The van der Waals surface area contributed by atoms with Crippen LogP contribution in [0.25, 0.3) is 53.9 Å². The molecule has 12 aromatic rings. The molecule has 12 aromatic carbocycles. The van der Waals surface area contributed by atoms with Crippen LogP contribution in [0.5, 0.6) is 0 Å². The van der Waals surface area contributed by atoms with E-state index in [4.69, 9.17) is 0 Å². The summed E-state index contributed by atoms with van der Waals surface area (Å²) in [7, 11) is 0. The van der Waals surface area contributed by atoms with Crippen LogP contribution in [0.15, 0.2) is 109 Å². The van der Waals surface area contributed by atoms with Gasteiger partial charge in [0.05, 0.1) is 0 Å². The van der Waals surface area contributed by atoms with Crippen molar-refractivity contribution in [2.45, 2.75) is 529 Å². The molecule has 0 saturated heterocycles. The number of fused-ring (bicyclic) bond motifs is 7. The molecule has 0 amide bonds. The summed E-state index contributed by atoms with van der Waals surface area (Å²) in [6.07, 6.45) is 2.20. The molecule has 0 saturated carbocycles. The van der Waals surface area contributed by atoms with Crippen LogP contribution in [0, 0.1) is 41.5 Å². The van der Waals surface area contributed by atoms with Gasteiger partial charge in [0.2, 0.25) is 0 Å². The van der Waals surface area contributed by atoms with E-state index in [1.54, 1.807) is 100 Å². The third-order valence-corrected chi connectivity index (χ3v) is 32.0. The van der Waals surface area contributed by atoms with Crippen LogP contribution < -0.4 is 0 Å². The molecule has 0 spiro atoms. The quantitative estimate of drug-likeness (QED) is 0.0529. The van der Waals surface area contributed by atoms with Gasteiger partial charge in [-0.05, 0) is 464 Å². The predicted octanol–water partition coefficient (Wildman–Crippen LogP) is 46.2. The van der Waals surface area contributed by atoms with Gasteiger partial charge < -0.3 is 0 Å². The van der Waals surface area contributed by atoms with E-state index < -0.39 is 0 Å². The van der Waals surface area contributed by atoms with Crippen molar-refractivity contribution in [2.24, 2.45) is 0 Å². The molecule has 776 valence electrons. The average Bonchev–Trinajstić information content (AvgIpc) is 0.722. The maximum atomic E-state index is 2.52. The Labute approximate surface area is 874 Å². The molecule has 142 heavy (non-hydrogen) atoms. The van der Waals surface area contributed by atoms with Gasteiger partial charge in [-0.1, -0.05) is 417 Å². The first-order valence-corrected chi connectivity index (χ1v) is 57.2. The van der Waals surface area contributed by atoms with Crippen LogP contribution in [0.3, 0.4) is 0 Å². The Kier molecular flexibility index (Phi) is 41.6. The highest BCUT2D eigenvalue weighted by Gasteiger charge is 2.31. The summed E-state index contributed by atoms with van der Waals surface area (Å²) in [5.41, 5.74) is 52.2. The lowest BCUT2D eigenvalue weighted by Crippen LogP contribution is -2.14. The van der Waals surface area contributed by atoms with Gasteiger partial charge in [-0.3, -0.25) is 0 Å². The number of rotatable bonds is 24. The van der Waals surface area contributed by atoms with Gasteiger partial charge in [0.25, 0.3) is 0 Å². The van der Waals surface area contributed by atoms with Crippen molar-refractivity contribution in [3.8, 4) is 0 Å². The van der Waals surface area contributed by atoms with E-state index in [0.717, 1.165) is 12.8 Å². The van der Waals surface area contributed by atoms with Crippen LogP contribution >= 0.6 is 0 Å². The summed E-state index contributed by atoms with van der Waals surface area (Å²) in [5.74, 6) is 13.9. The van der Waals surface area contributed by atoms with Crippen molar-refractivity contribution in [3.63, 3.8) is 0 Å². The Morgan fingerprint density at radius 3 is 0.338 bits per heavy atom. The number of hydrogen-bond acceptors (Lipinski definition) is 0. The van der Waals surface area contributed by atoms with E-state index in [1.807, 2.05) is 0 Å². The van der Waals surface area contributed by atoms with Gasteiger partial charge >= 0.3 is 0 Å². The molecule has 0 nitrogen and oxygen atoms in total.